The first kappa shape index (κ1) is 13.1. The van der Waals surface area contributed by atoms with E-state index in [-0.39, 0.29) is 0 Å². The molecular weight excluding hydrogens is 329 g/mol. The Morgan fingerprint density at radius 3 is 2.78 bits per heavy atom. The second-order valence-electron chi connectivity index (χ2n) is 3.97. The van der Waals surface area contributed by atoms with Gasteiger partial charge in [0.15, 0.2) is 0 Å². The van der Waals surface area contributed by atoms with Gasteiger partial charge in [-0.1, -0.05) is 34.8 Å². The Bertz CT molecular complexity index is 621. The molecule has 1 aromatic heterocycles. The second-order valence-corrected chi connectivity index (χ2v) is 7.48. The van der Waals surface area contributed by atoms with Crippen LogP contribution in [0, 0.1) is 0 Å². The first-order valence-electron chi connectivity index (χ1n) is 5.26. The number of thiophene rings is 1. The number of fused-ring (bicyclic) bond motifs is 1. The van der Waals surface area contributed by atoms with Crippen LogP contribution in [-0.2, 0) is 6.54 Å². The van der Waals surface area contributed by atoms with Crippen molar-refractivity contribution in [2.24, 2.45) is 0 Å². The molecule has 2 heterocycles. The highest BCUT2D eigenvalue weighted by Crippen LogP contribution is 2.39. The topological polar surface area (TPSA) is 3.24 Å². The smallest absolute Gasteiger partial charge is 0.105 e. The third-order valence-electron chi connectivity index (χ3n) is 2.70. The quantitative estimate of drug-likeness (QED) is 0.650. The number of benzene rings is 1. The predicted molar refractivity (Wildman–Crippen MR) is 83.6 cm³/mol. The van der Waals surface area contributed by atoms with E-state index in [2.05, 4.69) is 15.8 Å². The molecule has 18 heavy (non-hydrogen) atoms. The Labute approximate surface area is 128 Å². The minimum Gasteiger partial charge on any atom is -0.236 e. The van der Waals surface area contributed by atoms with Crippen molar-refractivity contribution in [2.75, 3.05) is 6.54 Å². The molecule has 0 spiro atoms. The molecule has 1 aromatic carbocycles. The molecule has 0 unspecified atom stereocenters. The van der Waals surface area contributed by atoms with E-state index >= 15 is 0 Å². The summed E-state index contributed by atoms with van der Waals surface area (Å²) in [6.45, 7) is 1.51. The van der Waals surface area contributed by atoms with Crippen molar-refractivity contribution < 1.29 is 0 Å². The first-order chi connectivity index (χ1) is 8.63. The molecule has 0 aliphatic carbocycles. The van der Waals surface area contributed by atoms with E-state index in [0.29, 0.717) is 10.9 Å². The lowest BCUT2D eigenvalue weighted by Gasteiger charge is -2.12. The summed E-state index contributed by atoms with van der Waals surface area (Å²) >= 11 is 21.3. The van der Waals surface area contributed by atoms with Gasteiger partial charge in [-0.3, -0.25) is 0 Å². The standard InChI is InChI=1S/C12H8Cl3NS2/c13-8-1-2-11-9(3-8)7(6-17-11)4-16-5-10(14)12(15)18-16/h1-3,6H,4-5H2. The maximum absolute atomic E-state index is 6.05. The van der Waals surface area contributed by atoms with Crippen LogP contribution in [0.4, 0.5) is 0 Å². The van der Waals surface area contributed by atoms with Crippen LogP contribution >= 0.6 is 58.1 Å². The summed E-state index contributed by atoms with van der Waals surface area (Å²) in [5, 5.41) is 4.87. The Morgan fingerprint density at radius 1 is 1.22 bits per heavy atom. The SMILES string of the molecule is ClC1=C(Cl)SN(Cc2csc3ccc(Cl)cc23)C1. The number of halogens is 3. The van der Waals surface area contributed by atoms with Gasteiger partial charge in [0.05, 0.1) is 5.03 Å². The molecule has 2 aromatic rings. The Morgan fingerprint density at radius 2 is 2.06 bits per heavy atom. The van der Waals surface area contributed by atoms with Gasteiger partial charge >= 0.3 is 0 Å². The lowest BCUT2D eigenvalue weighted by molar-refractivity contribution is 0.526. The van der Waals surface area contributed by atoms with Crippen molar-refractivity contribution >= 4 is 68.2 Å². The summed E-state index contributed by atoms with van der Waals surface area (Å²) in [7, 11) is 0. The van der Waals surface area contributed by atoms with E-state index in [9.17, 15) is 0 Å². The molecule has 3 rings (SSSR count). The van der Waals surface area contributed by atoms with Gasteiger partial charge in [0.1, 0.15) is 4.36 Å². The van der Waals surface area contributed by atoms with Crippen molar-refractivity contribution in [1.29, 1.82) is 0 Å². The number of hydrogen-bond donors (Lipinski definition) is 0. The third kappa shape index (κ3) is 2.53. The van der Waals surface area contributed by atoms with Crippen molar-refractivity contribution in [3.05, 3.63) is 43.6 Å². The third-order valence-corrected chi connectivity index (χ3v) is 5.82. The van der Waals surface area contributed by atoms with Gasteiger partial charge in [-0.15, -0.1) is 11.3 Å². The second kappa shape index (κ2) is 5.23. The van der Waals surface area contributed by atoms with Gasteiger partial charge in [0.2, 0.25) is 0 Å². The molecule has 6 heteroatoms. The highest BCUT2D eigenvalue weighted by Gasteiger charge is 2.21. The molecule has 0 N–H and O–H groups in total. The van der Waals surface area contributed by atoms with Gasteiger partial charge in [-0.2, -0.15) is 0 Å². The average molecular weight is 337 g/mol. The molecule has 0 atom stereocenters. The summed E-state index contributed by atoms with van der Waals surface area (Å²) in [6, 6.07) is 5.99. The van der Waals surface area contributed by atoms with E-state index in [4.69, 9.17) is 34.8 Å². The van der Waals surface area contributed by atoms with Crippen LogP contribution in [0.15, 0.2) is 33.0 Å². The fraction of sp³-hybridized carbons (Fsp3) is 0.167. The zero-order valence-electron chi connectivity index (χ0n) is 9.12. The number of nitrogens with zero attached hydrogens (tertiary/aromatic N) is 1. The van der Waals surface area contributed by atoms with Crippen LogP contribution in [0.1, 0.15) is 5.56 Å². The fourth-order valence-electron chi connectivity index (χ4n) is 1.87. The van der Waals surface area contributed by atoms with Gasteiger partial charge in [-0.05, 0) is 46.5 Å². The van der Waals surface area contributed by atoms with Gasteiger partial charge in [0, 0.05) is 22.8 Å². The van der Waals surface area contributed by atoms with Crippen LogP contribution in [0.2, 0.25) is 5.02 Å². The minimum absolute atomic E-state index is 0.675. The van der Waals surface area contributed by atoms with Crippen LogP contribution in [0.5, 0.6) is 0 Å². The van der Waals surface area contributed by atoms with Crippen LogP contribution in [0.25, 0.3) is 10.1 Å². The van der Waals surface area contributed by atoms with Crippen molar-refractivity contribution in [3.63, 3.8) is 0 Å². The van der Waals surface area contributed by atoms with Gasteiger partial charge in [-0.25, -0.2) is 4.31 Å². The summed E-state index contributed by atoms with van der Waals surface area (Å²) in [5.74, 6) is 0. The normalized spacial score (nSPS) is 17.1. The predicted octanol–water partition coefficient (Wildman–Crippen LogP) is 5.67. The largest absolute Gasteiger partial charge is 0.236 e. The summed E-state index contributed by atoms with van der Waals surface area (Å²) in [6.07, 6.45) is 0. The number of rotatable bonds is 2. The first-order valence-corrected chi connectivity index (χ1v) is 8.05. The number of hydrogen-bond acceptors (Lipinski definition) is 3. The van der Waals surface area contributed by atoms with E-state index in [0.717, 1.165) is 16.6 Å². The fourth-order valence-corrected chi connectivity index (χ4v) is 4.43. The highest BCUT2D eigenvalue weighted by molar-refractivity contribution is 8.02. The molecule has 1 aliphatic heterocycles. The Hall–Kier alpha value is 0.1000. The molecule has 0 radical (unpaired) electrons. The zero-order valence-corrected chi connectivity index (χ0v) is 13.0. The van der Waals surface area contributed by atoms with Crippen molar-refractivity contribution in [3.8, 4) is 0 Å². The molecule has 94 valence electrons. The molecule has 0 fully saturated rings. The summed E-state index contributed by atoms with van der Waals surface area (Å²) < 4.78 is 4.07. The maximum Gasteiger partial charge on any atom is 0.105 e. The van der Waals surface area contributed by atoms with Crippen molar-refractivity contribution in [1.82, 2.24) is 4.31 Å². The monoisotopic (exact) mass is 335 g/mol. The highest BCUT2D eigenvalue weighted by atomic mass is 35.5. The van der Waals surface area contributed by atoms with E-state index in [1.165, 1.54) is 27.6 Å². The average Bonchev–Trinajstić information content (AvgIpc) is 2.85. The minimum atomic E-state index is 0.675. The molecule has 0 bridgehead atoms. The molecular formula is C12H8Cl3NS2. The maximum atomic E-state index is 6.05. The van der Waals surface area contributed by atoms with E-state index in [1.807, 2.05) is 12.1 Å². The zero-order chi connectivity index (χ0) is 12.7. The lowest BCUT2D eigenvalue weighted by atomic mass is 10.2. The molecule has 1 aliphatic rings. The van der Waals surface area contributed by atoms with Gasteiger partial charge in [0.25, 0.3) is 0 Å². The Kier molecular flexibility index (Phi) is 3.81. The lowest BCUT2D eigenvalue weighted by Crippen LogP contribution is -2.11. The van der Waals surface area contributed by atoms with Crippen LogP contribution < -0.4 is 0 Å². The molecule has 0 saturated heterocycles. The van der Waals surface area contributed by atoms with Crippen LogP contribution in [0.3, 0.4) is 0 Å². The van der Waals surface area contributed by atoms with E-state index in [1.54, 1.807) is 11.3 Å². The molecule has 0 saturated carbocycles. The molecule has 0 amide bonds. The molecule has 1 nitrogen and oxygen atoms in total. The van der Waals surface area contributed by atoms with Crippen molar-refractivity contribution in [2.45, 2.75) is 6.54 Å². The summed E-state index contributed by atoms with van der Waals surface area (Å²) in [5.41, 5.74) is 1.26. The van der Waals surface area contributed by atoms with Gasteiger partial charge < -0.3 is 0 Å². The van der Waals surface area contributed by atoms with E-state index < -0.39 is 0 Å². The summed E-state index contributed by atoms with van der Waals surface area (Å²) in [4.78, 5) is 0. The van der Waals surface area contributed by atoms with Crippen LogP contribution in [-0.4, -0.2) is 10.8 Å². The Balaban J connectivity index is 1.86.